The highest BCUT2D eigenvalue weighted by atomic mass is 16.5. The molecule has 0 aliphatic carbocycles. The summed E-state index contributed by atoms with van der Waals surface area (Å²) in [4.78, 5) is 23.4. The zero-order chi connectivity index (χ0) is 18.3. The maximum atomic E-state index is 12.7. The normalized spacial score (nSPS) is 24.0. The van der Waals surface area contributed by atoms with E-state index in [2.05, 4.69) is 22.2 Å². The van der Waals surface area contributed by atoms with Crippen molar-refractivity contribution in [3.05, 3.63) is 36.2 Å². The van der Waals surface area contributed by atoms with Crippen LogP contribution in [0.2, 0.25) is 0 Å². The van der Waals surface area contributed by atoms with Gasteiger partial charge in [0.1, 0.15) is 5.69 Å². The van der Waals surface area contributed by atoms with Crippen LogP contribution in [-0.4, -0.2) is 40.1 Å². The van der Waals surface area contributed by atoms with E-state index in [0.29, 0.717) is 23.7 Å². The Balaban J connectivity index is 1.56. The van der Waals surface area contributed by atoms with Gasteiger partial charge in [-0.15, -0.1) is 0 Å². The number of aryl methyl sites for hydroxylation is 1. The number of carbonyl (C=O) groups excluding carboxylic acids is 1. The van der Waals surface area contributed by atoms with Crippen molar-refractivity contribution in [1.29, 1.82) is 0 Å². The number of amides is 2. The molecule has 2 aromatic rings. The van der Waals surface area contributed by atoms with Crippen molar-refractivity contribution >= 4 is 11.7 Å². The molecule has 6 heteroatoms. The molecular weight excluding hydrogens is 328 g/mol. The second kappa shape index (κ2) is 6.59. The number of rotatable bonds is 3. The van der Waals surface area contributed by atoms with E-state index in [1.54, 1.807) is 19.5 Å². The van der Waals surface area contributed by atoms with E-state index in [4.69, 9.17) is 4.74 Å². The number of urea groups is 1. The number of benzene rings is 1. The molecule has 4 rings (SSSR count). The zero-order valence-electron chi connectivity index (χ0n) is 15.4. The summed E-state index contributed by atoms with van der Waals surface area (Å²) in [5.41, 5.74) is 3.40. The summed E-state index contributed by atoms with van der Waals surface area (Å²) in [5.74, 6) is 1.20. The van der Waals surface area contributed by atoms with E-state index < -0.39 is 0 Å². The molecule has 136 valence electrons. The van der Waals surface area contributed by atoms with Crippen molar-refractivity contribution in [3.8, 4) is 17.1 Å². The number of hydrogen-bond donors (Lipinski definition) is 1. The highest BCUT2D eigenvalue weighted by Gasteiger charge is 2.46. The van der Waals surface area contributed by atoms with Crippen LogP contribution in [0.1, 0.15) is 31.7 Å². The van der Waals surface area contributed by atoms with Crippen molar-refractivity contribution in [3.63, 3.8) is 0 Å². The van der Waals surface area contributed by atoms with Gasteiger partial charge in [0.25, 0.3) is 0 Å². The van der Waals surface area contributed by atoms with E-state index >= 15 is 0 Å². The summed E-state index contributed by atoms with van der Waals surface area (Å²) in [7, 11) is 1.58. The Hall–Kier alpha value is -2.63. The Labute approximate surface area is 153 Å². The fourth-order valence-corrected chi connectivity index (χ4v) is 4.28. The largest absolute Gasteiger partial charge is 0.479 e. The fourth-order valence-electron chi connectivity index (χ4n) is 4.28. The number of fused-ring (bicyclic) bond motifs is 2. The van der Waals surface area contributed by atoms with Crippen molar-refractivity contribution in [2.45, 2.75) is 45.2 Å². The topological polar surface area (TPSA) is 67.4 Å². The Bertz CT molecular complexity index is 826. The van der Waals surface area contributed by atoms with Crippen molar-refractivity contribution < 1.29 is 9.53 Å². The minimum absolute atomic E-state index is 0.000867. The molecule has 26 heavy (non-hydrogen) atoms. The highest BCUT2D eigenvalue weighted by Crippen LogP contribution is 2.41. The van der Waals surface area contributed by atoms with Crippen LogP contribution in [-0.2, 0) is 0 Å². The van der Waals surface area contributed by atoms with Crippen LogP contribution < -0.4 is 10.1 Å². The van der Waals surface area contributed by atoms with Gasteiger partial charge in [0, 0.05) is 35.7 Å². The molecule has 2 bridgehead atoms. The molecule has 2 fully saturated rings. The molecule has 2 saturated heterocycles. The smallest absolute Gasteiger partial charge is 0.322 e. The van der Waals surface area contributed by atoms with Gasteiger partial charge in [-0.1, -0.05) is 13.0 Å². The number of anilines is 1. The van der Waals surface area contributed by atoms with Crippen LogP contribution in [0.3, 0.4) is 0 Å². The van der Waals surface area contributed by atoms with Gasteiger partial charge < -0.3 is 15.0 Å². The molecule has 0 spiro atoms. The Kier molecular flexibility index (Phi) is 4.26. The minimum atomic E-state index is -0.000867. The average Bonchev–Trinajstić information content (AvgIpc) is 2.63. The lowest BCUT2D eigenvalue weighted by molar-refractivity contribution is -0.00600. The zero-order valence-corrected chi connectivity index (χ0v) is 15.4. The average molecular weight is 352 g/mol. The predicted octanol–water partition coefficient (Wildman–Crippen LogP) is 3.87. The quantitative estimate of drug-likeness (QED) is 0.911. The van der Waals surface area contributed by atoms with Gasteiger partial charge in [-0.2, -0.15) is 0 Å². The van der Waals surface area contributed by atoms with Crippen LogP contribution in [0.15, 0.2) is 30.6 Å². The Morgan fingerprint density at radius 3 is 2.65 bits per heavy atom. The van der Waals surface area contributed by atoms with E-state index in [-0.39, 0.29) is 6.03 Å². The van der Waals surface area contributed by atoms with Gasteiger partial charge in [0.2, 0.25) is 5.88 Å². The molecule has 2 aliphatic heterocycles. The third kappa shape index (κ3) is 2.89. The number of nitrogens with one attached hydrogen (secondary N) is 1. The van der Waals surface area contributed by atoms with Crippen LogP contribution in [0.4, 0.5) is 10.5 Å². The van der Waals surface area contributed by atoms with Crippen LogP contribution in [0.25, 0.3) is 11.3 Å². The van der Waals surface area contributed by atoms with Crippen molar-refractivity contribution in [2.24, 2.45) is 5.92 Å². The maximum absolute atomic E-state index is 12.7. The Morgan fingerprint density at radius 2 is 1.92 bits per heavy atom. The molecular formula is C20H24N4O2. The summed E-state index contributed by atoms with van der Waals surface area (Å²) >= 11 is 0. The molecule has 0 saturated carbocycles. The second-order valence-electron chi connectivity index (χ2n) is 7.40. The predicted molar refractivity (Wildman–Crippen MR) is 100 cm³/mol. The summed E-state index contributed by atoms with van der Waals surface area (Å²) in [6.45, 7) is 4.28. The molecule has 6 nitrogen and oxygen atoms in total. The molecule has 1 aromatic heterocycles. The van der Waals surface area contributed by atoms with Crippen LogP contribution in [0, 0.1) is 12.8 Å². The number of aromatic nitrogens is 2. The summed E-state index contributed by atoms with van der Waals surface area (Å²) in [6, 6.07) is 6.65. The maximum Gasteiger partial charge on any atom is 0.322 e. The molecule has 0 radical (unpaired) electrons. The lowest BCUT2D eigenvalue weighted by Crippen LogP contribution is -2.63. The number of carbonyl (C=O) groups is 1. The molecule has 3 atom stereocenters. The molecule has 1 aromatic carbocycles. The molecule has 2 aliphatic rings. The number of nitrogens with zero attached hydrogens (tertiary/aromatic N) is 3. The van der Waals surface area contributed by atoms with Crippen molar-refractivity contribution in [1.82, 2.24) is 14.9 Å². The van der Waals surface area contributed by atoms with Crippen LogP contribution in [0.5, 0.6) is 5.88 Å². The van der Waals surface area contributed by atoms with E-state index in [1.165, 1.54) is 0 Å². The molecule has 1 unspecified atom stereocenters. The minimum Gasteiger partial charge on any atom is -0.479 e. The summed E-state index contributed by atoms with van der Waals surface area (Å²) < 4.78 is 5.33. The highest BCUT2D eigenvalue weighted by molar-refractivity contribution is 5.91. The molecule has 3 heterocycles. The van der Waals surface area contributed by atoms with Gasteiger partial charge >= 0.3 is 6.03 Å². The van der Waals surface area contributed by atoms with Gasteiger partial charge in [-0.25, -0.2) is 14.8 Å². The van der Waals surface area contributed by atoms with Gasteiger partial charge in [-0.3, -0.25) is 0 Å². The van der Waals surface area contributed by atoms with Gasteiger partial charge in [-0.05, 0) is 49.8 Å². The number of methoxy groups -OCH3 is 1. The second-order valence-corrected chi connectivity index (χ2v) is 7.40. The lowest BCUT2D eigenvalue weighted by atomic mass is 9.74. The monoisotopic (exact) mass is 352 g/mol. The van der Waals surface area contributed by atoms with Gasteiger partial charge in [0.05, 0.1) is 7.11 Å². The van der Waals surface area contributed by atoms with E-state index in [0.717, 1.165) is 42.0 Å². The lowest BCUT2D eigenvalue weighted by Gasteiger charge is -2.54. The third-order valence-corrected chi connectivity index (χ3v) is 5.52. The Morgan fingerprint density at radius 1 is 1.19 bits per heavy atom. The molecule has 2 amide bonds. The summed E-state index contributed by atoms with van der Waals surface area (Å²) in [5, 5.41) is 3.06. The first-order valence-electron chi connectivity index (χ1n) is 9.12. The number of piperidine rings is 1. The first-order valence-corrected chi connectivity index (χ1v) is 9.12. The number of hydrogen-bond acceptors (Lipinski definition) is 4. The van der Waals surface area contributed by atoms with Gasteiger partial charge in [0.15, 0.2) is 0 Å². The fraction of sp³-hybridized carbons (Fsp3) is 0.450. The number of ether oxygens (including phenoxy) is 1. The standard InChI is InChI=1S/C20H24N4O2/c1-12-8-15-11-16(9-12)24(15)20(25)23-14-5-4-13(2)17(10-14)18-19(26-3)22-7-6-21-18/h4-7,10,12,15-16H,8-9,11H2,1-3H3,(H,23,25)/t12?,15-,16+. The van der Waals surface area contributed by atoms with Crippen molar-refractivity contribution in [2.75, 3.05) is 12.4 Å². The molecule has 1 N–H and O–H groups in total. The summed E-state index contributed by atoms with van der Waals surface area (Å²) in [6.07, 6.45) is 6.62. The van der Waals surface area contributed by atoms with Crippen LogP contribution >= 0.6 is 0 Å². The van der Waals surface area contributed by atoms with E-state index in [1.807, 2.05) is 30.0 Å². The van der Waals surface area contributed by atoms with E-state index in [9.17, 15) is 4.79 Å². The SMILES string of the molecule is COc1nccnc1-c1cc(NC(=O)N2[C@@H]3CC(C)C[C@H]2C3)ccc1C. The first-order chi connectivity index (χ1) is 12.6. The third-order valence-electron chi connectivity index (χ3n) is 5.52. The first kappa shape index (κ1) is 16.8.